The molecule has 0 radical (unpaired) electrons. The maximum Gasteiger partial charge on any atom is 0.150 e. The van der Waals surface area contributed by atoms with Crippen LogP contribution in [0, 0.1) is 0 Å². The van der Waals surface area contributed by atoms with Crippen molar-refractivity contribution in [2.24, 2.45) is 0 Å². The largest absolute Gasteiger partial charge is 0.457 e. The summed E-state index contributed by atoms with van der Waals surface area (Å²) in [4.78, 5) is 11.0. The number of hydrogen-bond donors (Lipinski definition) is 0. The van der Waals surface area contributed by atoms with Crippen LogP contribution < -0.4 is 4.74 Å². The molecule has 102 valence electrons. The highest BCUT2D eigenvalue weighted by molar-refractivity contribution is 5.81. The Morgan fingerprint density at radius 3 is 2.10 bits per heavy atom. The van der Waals surface area contributed by atoms with Crippen LogP contribution in [-0.2, 0) is 0 Å². The van der Waals surface area contributed by atoms with Crippen molar-refractivity contribution in [1.29, 1.82) is 0 Å². The molecule has 2 nitrogen and oxygen atoms in total. The quantitative estimate of drug-likeness (QED) is 0.629. The molecule has 0 unspecified atom stereocenters. The summed E-state index contributed by atoms with van der Waals surface area (Å²) in [6.45, 7) is 0. The number of carbonyl (C=O) groups excluding carboxylic acids is 1. The van der Waals surface area contributed by atoms with E-state index in [1.165, 1.54) is 0 Å². The van der Waals surface area contributed by atoms with Crippen molar-refractivity contribution < 1.29 is 9.53 Å². The van der Waals surface area contributed by atoms with Crippen LogP contribution in [0.3, 0.4) is 0 Å². The molecule has 0 fully saturated rings. The Hall–Kier alpha value is -2.87. The van der Waals surface area contributed by atoms with Gasteiger partial charge in [-0.05, 0) is 35.9 Å². The van der Waals surface area contributed by atoms with Crippen LogP contribution in [0.5, 0.6) is 11.5 Å². The van der Waals surface area contributed by atoms with Crippen molar-refractivity contribution in [3.05, 3.63) is 84.4 Å². The molecular formula is C19H14O2. The molecule has 0 N–H and O–H groups in total. The molecule has 0 aliphatic rings. The van der Waals surface area contributed by atoms with Crippen molar-refractivity contribution in [2.75, 3.05) is 0 Å². The van der Waals surface area contributed by atoms with E-state index in [2.05, 4.69) is 0 Å². The van der Waals surface area contributed by atoms with E-state index in [0.717, 1.165) is 28.9 Å². The lowest BCUT2D eigenvalue weighted by Crippen LogP contribution is -1.90. The van der Waals surface area contributed by atoms with Crippen LogP contribution in [-0.4, -0.2) is 6.29 Å². The number of rotatable bonds is 4. The van der Waals surface area contributed by atoms with Crippen LogP contribution in [0.1, 0.15) is 10.4 Å². The Balaban J connectivity index is 2.06. The van der Waals surface area contributed by atoms with Gasteiger partial charge in [-0.2, -0.15) is 0 Å². The van der Waals surface area contributed by atoms with Gasteiger partial charge in [-0.15, -0.1) is 0 Å². The van der Waals surface area contributed by atoms with Crippen LogP contribution in [0.4, 0.5) is 0 Å². The SMILES string of the molecule is O=Cc1ccc(Oc2ccccc2)c(-c2ccccc2)c1. The van der Waals surface area contributed by atoms with Gasteiger partial charge in [0.2, 0.25) is 0 Å². The highest BCUT2D eigenvalue weighted by Gasteiger charge is 2.08. The number of aldehydes is 1. The van der Waals surface area contributed by atoms with E-state index in [9.17, 15) is 4.79 Å². The Kier molecular flexibility index (Phi) is 3.79. The minimum atomic E-state index is 0.634. The molecule has 0 aliphatic heterocycles. The average Bonchev–Trinajstić information content (AvgIpc) is 2.57. The van der Waals surface area contributed by atoms with Gasteiger partial charge in [0, 0.05) is 11.1 Å². The number of carbonyl (C=O) groups is 1. The summed E-state index contributed by atoms with van der Waals surface area (Å²) in [5.74, 6) is 1.51. The van der Waals surface area contributed by atoms with Crippen LogP contribution in [0.25, 0.3) is 11.1 Å². The number of benzene rings is 3. The molecule has 3 aromatic carbocycles. The zero-order valence-electron chi connectivity index (χ0n) is 11.4. The maximum absolute atomic E-state index is 11.0. The summed E-state index contributed by atoms with van der Waals surface area (Å²) in [5, 5.41) is 0. The highest BCUT2D eigenvalue weighted by atomic mass is 16.5. The summed E-state index contributed by atoms with van der Waals surface area (Å²) in [6, 6.07) is 25.0. The Morgan fingerprint density at radius 2 is 1.43 bits per heavy atom. The lowest BCUT2D eigenvalue weighted by atomic mass is 10.0. The molecule has 0 amide bonds. The number of hydrogen-bond acceptors (Lipinski definition) is 2. The topological polar surface area (TPSA) is 26.3 Å². The molecule has 0 spiro atoms. The molecule has 0 atom stereocenters. The number of ether oxygens (including phenoxy) is 1. The van der Waals surface area contributed by atoms with Gasteiger partial charge in [-0.3, -0.25) is 4.79 Å². The summed E-state index contributed by atoms with van der Waals surface area (Å²) in [6.07, 6.45) is 0.846. The van der Waals surface area contributed by atoms with Crippen LogP contribution in [0.15, 0.2) is 78.9 Å². The summed E-state index contributed by atoms with van der Waals surface area (Å²) in [7, 11) is 0. The molecule has 2 heteroatoms. The Labute approximate surface area is 123 Å². The van der Waals surface area contributed by atoms with Crippen LogP contribution >= 0.6 is 0 Å². The fourth-order valence-electron chi connectivity index (χ4n) is 2.17. The molecular weight excluding hydrogens is 260 g/mol. The monoisotopic (exact) mass is 274 g/mol. The van der Waals surface area contributed by atoms with Gasteiger partial charge >= 0.3 is 0 Å². The first kappa shape index (κ1) is 13.1. The Morgan fingerprint density at radius 1 is 0.762 bits per heavy atom. The first-order chi connectivity index (χ1) is 10.4. The zero-order valence-corrected chi connectivity index (χ0v) is 11.4. The second kappa shape index (κ2) is 6.06. The minimum Gasteiger partial charge on any atom is -0.457 e. The molecule has 0 aliphatic carbocycles. The van der Waals surface area contributed by atoms with Gasteiger partial charge in [-0.1, -0.05) is 48.5 Å². The molecule has 0 saturated carbocycles. The third kappa shape index (κ3) is 3.00. The smallest absolute Gasteiger partial charge is 0.150 e. The van der Waals surface area contributed by atoms with Gasteiger partial charge in [0.05, 0.1) is 0 Å². The van der Waals surface area contributed by atoms with E-state index in [1.807, 2.05) is 72.8 Å². The van der Waals surface area contributed by atoms with E-state index in [4.69, 9.17) is 4.74 Å². The first-order valence-corrected chi connectivity index (χ1v) is 6.74. The van der Waals surface area contributed by atoms with E-state index < -0.39 is 0 Å². The summed E-state index contributed by atoms with van der Waals surface area (Å²) >= 11 is 0. The fourth-order valence-corrected chi connectivity index (χ4v) is 2.17. The summed E-state index contributed by atoms with van der Waals surface area (Å²) < 4.78 is 5.95. The molecule has 3 aromatic rings. The fraction of sp³-hybridized carbons (Fsp3) is 0. The lowest BCUT2D eigenvalue weighted by molar-refractivity contribution is 0.112. The molecule has 0 bridgehead atoms. The summed E-state index contributed by atoms with van der Waals surface area (Å²) in [5.41, 5.74) is 2.56. The van der Waals surface area contributed by atoms with Crippen LogP contribution in [0.2, 0.25) is 0 Å². The van der Waals surface area contributed by atoms with E-state index in [0.29, 0.717) is 5.56 Å². The molecule has 21 heavy (non-hydrogen) atoms. The van der Waals surface area contributed by atoms with Crippen molar-refractivity contribution in [1.82, 2.24) is 0 Å². The molecule has 3 rings (SSSR count). The zero-order chi connectivity index (χ0) is 14.5. The van der Waals surface area contributed by atoms with Crippen molar-refractivity contribution >= 4 is 6.29 Å². The molecule has 0 saturated heterocycles. The van der Waals surface area contributed by atoms with Gasteiger partial charge < -0.3 is 4.74 Å². The van der Waals surface area contributed by atoms with Gasteiger partial charge in [-0.25, -0.2) is 0 Å². The predicted molar refractivity (Wildman–Crippen MR) is 83.8 cm³/mol. The third-order valence-electron chi connectivity index (χ3n) is 3.20. The lowest BCUT2D eigenvalue weighted by Gasteiger charge is -2.12. The van der Waals surface area contributed by atoms with Gasteiger partial charge in [0.25, 0.3) is 0 Å². The second-order valence-corrected chi connectivity index (χ2v) is 4.65. The van der Waals surface area contributed by atoms with Crippen molar-refractivity contribution in [3.63, 3.8) is 0 Å². The minimum absolute atomic E-state index is 0.634. The van der Waals surface area contributed by atoms with Crippen molar-refractivity contribution in [3.8, 4) is 22.6 Å². The van der Waals surface area contributed by atoms with Crippen molar-refractivity contribution in [2.45, 2.75) is 0 Å². The van der Waals surface area contributed by atoms with Gasteiger partial charge in [0.1, 0.15) is 17.8 Å². The number of para-hydroxylation sites is 1. The van der Waals surface area contributed by atoms with E-state index in [-0.39, 0.29) is 0 Å². The normalized spacial score (nSPS) is 10.1. The Bertz CT molecular complexity index is 734. The first-order valence-electron chi connectivity index (χ1n) is 6.74. The second-order valence-electron chi connectivity index (χ2n) is 4.65. The maximum atomic E-state index is 11.0. The predicted octanol–water partition coefficient (Wildman–Crippen LogP) is 4.96. The molecule has 0 aromatic heterocycles. The standard InChI is InChI=1S/C19H14O2/c20-14-15-11-12-19(21-17-9-5-2-6-10-17)18(13-15)16-7-3-1-4-8-16/h1-14H. The van der Waals surface area contributed by atoms with Gasteiger partial charge in [0.15, 0.2) is 0 Å². The van der Waals surface area contributed by atoms with E-state index >= 15 is 0 Å². The average molecular weight is 274 g/mol. The third-order valence-corrected chi connectivity index (χ3v) is 3.20. The molecule has 0 heterocycles. The highest BCUT2D eigenvalue weighted by Crippen LogP contribution is 2.33. The van der Waals surface area contributed by atoms with E-state index in [1.54, 1.807) is 6.07 Å².